The normalized spacial score (nSPS) is 40.6. The molecular weight excluding hydrogens is 168 g/mol. The fourth-order valence-electron chi connectivity index (χ4n) is 1.88. The van der Waals surface area contributed by atoms with Crippen LogP contribution in [0.25, 0.3) is 0 Å². The van der Waals surface area contributed by atoms with Crippen LogP contribution in [-0.4, -0.2) is 23.3 Å². The summed E-state index contributed by atoms with van der Waals surface area (Å²) in [6.45, 7) is 7.63. The molecule has 4 atom stereocenters. The molecule has 1 fully saturated rings. The molecule has 1 N–H and O–H groups in total. The third-order valence-corrected chi connectivity index (χ3v) is 2.85. The SMILES string of the molecule is CC1C(=O)O[C@@H](C(C)C)[C@H](C)C1O. The minimum absolute atomic E-state index is 0.0349. The van der Waals surface area contributed by atoms with Crippen molar-refractivity contribution in [1.29, 1.82) is 0 Å². The second-order valence-electron chi connectivity index (χ2n) is 4.28. The van der Waals surface area contributed by atoms with Crippen molar-refractivity contribution in [2.45, 2.75) is 39.9 Å². The van der Waals surface area contributed by atoms with Crippen LogP contribution in [0, 0.1) is 17.8 Å². The highest BCUT2D eigenvalue weighted by Crippen LogP contribution is 2.30. The zero-order chi connectivity index (χ0) is 10.2. The predicted octanol–water partition coefficient (Wildman–Crippen LogP) is 1.20. The van der Waals surface area contributed by atoms with E-state index in [2.05, 4.69) is 0 Å². The number of carbonyl (C=O) groups excluding carboxylic acids is 1. The van der Waals surface area contributed by atoms with E-state index in [0.717, 1.165) is 0 Å². The Bertz CT molecular complexity index is 200. The van der Waals surface area contributed by atoms with Gasteiger partial charge in [0.1, 0.15) is 6.10 Å². The largest absolute Gasteiger partial charge is 0.461 e. The van der Waals surface area contributed by atoms with Crippen LogP contribution in [-0.2, 0) is 9.53 Å². The summed E-state index contributed by atoms with van der Waals surface area (Å²) in [4.78, 5) is 11.3. The molecule has 3 heteroatoms. The van der Waals surface area contributed by atoms with Crippen LogP contribution in [0.2, 0.25) is 0 Å². The quantitative estimate of drug-likeness (QED) is 0.626. The fraction of sp³-hybridized carbons (Fsp3) is 0.900. The summed E-state index contributed by atoms with van der Waals surface area (Å²) in [7, 11) is 0. The number of carbonyl (C=O) groups is 1. The lowest BCUT2D eigenvalue weighted by molar-refractivity contribution is -0.181. The molecule has 0 amide bonds. The second-order valence-corrected chi connectivity index (χ2v) is 4.28. The summed E-state index contributed by atoms with van der Waals surface area (Å²) < 4.78 is 5.24. The van der Waals surface area contributed by atoms with Gasteiger partial charge in [-0.25, -0.2) is 0 Å². The molecule has 76 valence electrons. The van der Waals surface area contributed by atoms with Crippen LogP contribution >= 0.6 is 0 Å². The average Bonchev–Trinajstić information content (AvgIpc) is 2.07. The number of aliphatic hydroxyl groups is 1. The number of aliphatic hydroxyl groups excluding tert-OH is 1. The highest BCUT2D eigenvalue weighted by molar-refractivity contribution is 5.73. The van der Waals surface area contributed by atoms with Crippen molar-refractivity contribution in [2.75, 3.05) is 0 Å². The monoisotopic (exact) mass is 186 g/mol. The molecule has 0 aromatic heterocycles. The summed E-state index contributed by atoms with van der Waals surface area (Å²) in [5.74, 6) is -0.358. The van der Waals surface area contributed by atoms with Crippen molar-refractivity contribution in [3.63, 3.8) is 0 Å². The highest BCUT2D eigenvalue weighted by Gasteiger charge is 2.41. The van der Waals surface area contributed by atoms with Gasteiger partial charge in [0.05, 0.1) is 12.0 Å². The van der Waals surface area contributed by atoms with E-state index in [1.807, 2.05) is 20.8 Å². The molecule has 0 saturated carbocycles. The molecule has 1 heterocycles. The third kappa shape index (κ3) is 1.85. The molecule has 1 saturated heterocycles. The van der Waals surface area contributed by atoms with Crippen LogP contribution in [0.15, 0.2) is 0 Å². The minimum atomic E-state index is -0.561. The van der Waals surface area contributed by atoms with Gasteiger partial charge in [0.25, 0.3) is 0 Å². The molecule has 13 heavy (non-hydrogen) atoms. The molecule has 3 nitrogen and oxygen atoms in total. The Morgan fingerprint density at radius 2 is 1.92 bits per heavy atom. The van der Waals surface area contributed by atoms with E-state index in [1.54, 1.807) is 6.92 Å². The zero-order valence-electron chi connectivity index (χ0n) is 8.65. The smallest absolute Gasteiger partial charge is 0.311 e. The van der Waals surface area contributed by atoms with E-state index in [1.165, 1.54) is 0 Å². The molecular formula is C10H18O3. The van der Waals surface area contributed by atoms with E-state index in [-0.39, 0.29) is 29.8 Å². The topological polar surface area (TPSA) is 46.5 Å². The Morgan fingerprint density at radius 1 is 1.38 bits per heavy atom. The molecule has 0 aromatic rings. The molecule has 0 spiro atoms. The highest BCUT2D eigenvalue weighted by atomic mass is 16.5. The Balaban J connectivity index is 2.76. The molecule has 0 aliphatic carbocycles. The standard InChI is InChI=1S/C10H18O3/c1-5(2)9-6(3)8(11)7(4)10(12)13-9/h5-9,11H,1-4H3/t6-,7?,8?,9+/m1/s1. The summed E-state index contributed by atoms with van der Waals surface area (Å²) in [5.41, 5.74) is 0. The number of hydrogen-bond donors (Lipinski definition) is 1. The van der Waals surface area contributed by atoms with Crippen molar-refractivity contribution >= 4 is 5.97 Å². The Hall–Kier alpha value is -0.570. The summed E-state index contributed by atoms with van der Waals surface area (Å²) in [5, 5.41) is 9.74. The van der Waals surface area contributed by atoms with Gasteiger partial charge in [0.2, 0.25) is 0 Å². The van der Waals surface area contributed by atoms with Gasteiger partial charge in [0.15, 0.2) is 0 Å². The first kappa shape index (κ1) is 10.5. The van der Waals surface area contributed by atoms with E-state index in [9.17, 15) is 9.90 Å². The Kier molecular flexibility index (Phi) is 2.96. The number of esters is 1. The molecule has 0 radical (unpaired) electrons. The van der Waals surface area contributed by atoms with Crippen molar-refractivity contribution < 1.29 is 14.6 Å². The number of cyclic esters (lactones) is 1. The zero-order valence-corrected chi connectivity index (χ0v) is 8.65. The Morgan fingerprint density at radius 3 is 2.38 bits per heavy atom. The van der Waals surface area contributed by atoms with Crippen LogP contribution in [0.5, 0.6) is 0 Å². The number of ether oxygens (including phenoxy) is 1. The second kappa shape index (κ2) is 3.66. The lowest BCUT2D eigenvalue weighted by Gasteiger charge is -2.38. The lowest BCUT2D eigenvalue weighted by Crippen LogP contribution is -2.48. The van der Waals surface area contributed by atoms with Gasteiger partial charge in [-0.15, -0.1) is 0 Å². The van der Waals surface area contributed by atoms with Gasteiger partial charge in [-0.05, 0) is 12.8 Å². The van der Waals surface area contributed by atoms with Gasteiger partial charge in [0, 0.05) is 5.92 Å². The predicted molar refractivity (Wildman–Crippen MR) is 49.1 cm³/mol. The minimum Gasteiger partial charge on any atom is -0.461 e. The van der Waals surface area contributed by atoms with Crippen molar-refractivity contribution in [3.05, 3.63) is 0 Å². The first-order chi connectivity index (χ1) is 5.95. The summed E-state index contributed by atoms with van der Waals surface area (Å²) in [6.07, 6.45) is -0.702. The summed E-state index contributed by atoms with van der Waals surface area (Å²) >= 11 is 0. The number of rotatable bonds is 1. The van der Waals surface area contributed by atoms with Crippen molar-refractivity contribution in [3.8, 4) is 0 Å². The first-order valence-corrected chi connectivity index (χ1v) is 4.83. The third-order valence-electron chi connectivity index (χ3n) is 2.85. The van der Waals surface area contributed by atoms with E-state index in [0.29, 0.717) is 0 Å². The lowest BCUT2D eigenvalue weighted by atomic mass is 9.82. The maximum absolute atomic E-state index is 11.3. The van der Waals surface area contributed by atoms with Gasteiger partial charge in [-0.1, -0.05) is 20.8 Å². The fourth-order valence-corrected chi connectivity index (χ4v) is 1.88. The van der Waals surface area contributed by atoms with Gasteiger partial charge < -0.3 is 9.84 Å². The maximum atomic E-state index is 11.3. The molecule has 0 aromatic carbocycles. The van der Waals surface area contributed by atoms with Gasteiger partial charge in [-0.2, -0.15) is 0 Å². The Labute approximate surface area is 79.1 Å². The van der Waals surface area contributed by atoms with E-state index < -0.39 is 6.10 Å². The summed E-state index contributed by atoms with van der Waals surface area (Å²) in [6, 6.07) is 0. The molecule has 1 aliphatic rings. The van der Waals surface area contributed by atoms with E-state index in [4.69, 9.17) is 4.74 Å². The van der Waals surface area contributed by atoms with Crippen molar-refractivity contribution in [1.82, 2.24) is 0 Å². The first-order valence-electron chi connectivity index (χ1n) is 4.83. The van der Waals surface area contributed by atoms with Crippen LogP contribution < -0.4 is 0 Å². The molecule has 0 bridgehead atoms. The van der Waals surface area contributed by atoms with Gasteiger partial charge in [-0.3, -0.25) is 4.79 Å². The van der Waals surface area contributed by atoms with Crippen molar-refractivity contribution in [2.24, 2.45) is 17.8 Å². The van der Waals surface area contributed by atoms with Crippen LogP contribution in [0.4, 0.5) is 0 Å². The van der Waals surface area contributed by atoms with Crippen LogP contribution in [0.3, 0.4) is 0 Å². The molecule has 1 rings (SSSR count). The number of hydrogen-bond acceptors (Lipinski definition) is 3. The van der Waals surface area contributed by atoms with Gasteiger partial charge >= 0.3 is 5.97 Å². The van der Waals surface area contributed by atoms with Crippen LogP contribution in [0.1, 0.15) is 27.7 Å². The molecule has 2 unspecified atom stereocenters. The maximum Gasteiger partial charge on any atom is 0.311 e. The average molecular weight is 186 g/mol. The van der Waals surface area contributed by atoms with E-state index >= 15 is 0 Å². The molecule has 1 aliphatic heterocycles.